The highest BCUT2D eigenvalue weighted by atomic mass is 35.5. The molecule has 10 heteroatoms. The Balaban J connectivity index is 1.78. The number of hydrogen-bond donors (Lipinski definition) is 1. The van der Waals surface area contributed by atoms with Gasteiger partial charge in [0, 0.05) is 34.6 Å². The molecule has 0 heterocycles. The molecule has 1 aliphatic carbocycles. The average Bonchev–Trinajstić information content (AvgIpc) is 2.96. The van der Waals surface area contributed by atoms with Crippen LogP contribution in [-0.2, 0) is 32.6 Å². The molecule has 0 aliphatic heterocycles. The first-order valence-electron chi connectivity index (χ1n) is 14.6. The van der Waals surface area contributed by atoms with Crippen molar-refractivity contribution in [2.24, 2.45) is 0 Å². The van der Waals surface area contributed by atoms with Crippen molar-refractivity contribution in [1.82, 2.24) is 10.2 Å². The third-order valence-electron chi connectivity index (χ3n) is 7.93. The lowest BCUT2D eigenvalue weighted by molar-refractivity contribution is -0.140. The molecule has 1 atom stereocenters. The number of halogens is 2. The van der Waals surface area contributed by atoms with Gasteiger partial charge in [0.1, 0.15) is 12.6 Å². The van der Waals surface area contributed by atoms with Crippen LogP contribution in [-0.4, -0.2) is 50.0 Å². The van der Waals surface area contributed by atoms with E-state index in [0.717, 1.165) is 53.8 Å². The van der Waals surface area contributed by atoms with Gasteiger partial charge in [0.15, 0.2) is 0 Å². The minimum absolute atomic E-state index is 0.0165. The van der Waals surface area contributed by atoms with Gasteiger partial charge in [0.25, 0.3) is 0 Å². The number of nitrogens with zero attached hydrogens (tertiary/aromatic N) is 2. The summed E-state index contributed by atoms with van der Waals surface area (Å²) in [5, 5.41) is 3.90. The van der Waals surface area contributed by atoms with Crippen LogP contribution in [0.2, 0.25) is 10.0 Å². The smallest absolute Gasteiger partial charge is 0.244 e. The second-order valence-electron chi connectivity index (χ2n) is 11.3. The van der Waals surface area contributed by atoms with Gasteiger partial charge in [-0.15, -0.1) is 0 Å². The molecule has 7 nitrogen and oxygen atoms in total. The normalized spacial score (nSPS) is 14.6. The second kappa shape index (κ2) is 14.6. The van der Waals surface area contributed by atoms with Gasteiger partial charge in [-0.3, -0.25) is 13.9 Å². The number of amides is 2. The van der Waals surface area contributed by atoms with E-state index in [0.29, 0.717) is 26.9 Å². The lowest BCUT2D eigenvalue weighted by Crippen LogP contribution is -2.55. The van der Waals surface area contributed by atoms with Gasteiger partial charge in [0.2, 0.25) is 21.8 Å². The molecule has 0 saturated heterocycles. The summed E-state index contributed by atoms with van der Waals surface area (Å²) < 4.78 is 27.3. The largest absolute Gasteiger partial charge is 0.352 e. The lowest BCUT2D eigenvalue weighted by atomic mass is 9.94. The Kier molecular flexibility index (Phi) is 11.2. The van der Waals surface area contributed by atoms with Crippen molar-refractivity contribution in [2.75, 3.05) is 17.1 Å². The molecule has 1 fully saturated rings. The molecule has 0 spiro atoms. The van der Waals surface area contributed by atoms with Crippen molar-refractivity contribution in [3.63, 3.8) is 0 Å². The molecule has 3 aromatic carbocycles. The minimum atomic E-state index is -3.87. The lowest BCUT2D eigenvalue weighted by Gasteiger charge is -2.35. The number of rotatable bonds is 11. The van der Waals surface area contributed by atoms with Gasteiger partial charge in [0.05, 0.1) is 11.9 Å². The van der Waals surface area contributed by atoms with Crippen LogP contribution in [0.15, 0.2) is 66.7 Å². The number of carbonyl (C=O) groups is 2. The third kappa shape index (κ3) is 8.74. The first-order chi connectivity index (χ1) is 20.4. The van der Waals surface area contributed by atoms with Crippen molar-refractivity contribution in [2.45, 2.75) is 71.0 Å². The maximum atomic E-state index is 14.4. The molecule has 43 heavy (non-hydrogen) atoms. The summed E-state index contributed by atoms with van der Waals surface area (Å²) in [5.41, 5.74) is 3.33. The van der Waals surface area contributed by atoms with Crippen molar-refractivity contribution in [3.8, 4) is 0 Å². The van der Waals surface area contributed by atoms with Gasteiger partial charge in [-0.1, -0.05) is 91.0 Å². The molecular formula is C33H39Cl2N3O4S. The fourth-order valence-electron chi connectivity index (χ4n) is 5.53. The number of sulfonamides is 1. The predicted molar refractivity (Wildman–Crippen MR) is 174 cm³/mol. The van der Waals surface area contributed by atoms with E-state index in [2.05, 4.69) is 5.32 Å². The van der Waals surface area contributed by atoms with Crippen LogP contribution in [0.4, 0.5) is 5.69 Å². The van der Waals surface area contributed by atoms with Gasteiger partial charge < -0.3 is 10.2 Å². The third-order valence-corrected chi connectivity index (χ3v) is 9.76. The van der Waals surface area contributed by atoms with Crippen LogP contribution in [0.5, 0.6) is 0 Å². The summed E-state index contributed by atoms with van der Waals surface area (Å²) in [6.07, 6.45) is 6.26. The second-order valence-corrected chi connectivity index (χ2v) is 14.1. The summed E-state index contributed by atoms with van der Waals surface area (Å²) in [4.78, 5) is 29.9. The molecule has 1 N–H and O–H groups in total. The van der Waals surface area contributed by atoms with E-state index < -0.39 is 28.5 Å². The zero-order valence-corrected chi connectivity index (χ0v) is 27.2. The number of benzene rings is 3. The van der Waals surface area contributed by atoms with Gasteiger partial charge in [-0.25, -0.2) is 8.42 Å². The summed E-state index contributed by atoms with van der Waals surface area (Å²) in [7, 11) is -3.87. The minimum Gasteiger partial charge on any atom is -0.352 e. The molecule has 0 bridgehead atoms. The van der Waals surface area contributed by atoms with E-state index >= 15 is 0 Å². The summed E-state index contributed by atoms with van der Waals surface area (Å²) in [6.45, 7) is 3.10. The Bertz CT molecular complexity index is 1520. The SMILES string of the molecule is Cc1ccc(C)c(N(CC(=O)N(Cc2c(Cl)cccc2Cl)C(Cc2ccccc2)C(=O)NC2CCCCC2)S(C)(=O)=O)c1. The Morgan fingerprint density at radius 2 is 1.58 bits per heavy atom. The van der Waals surface area contributed by atoms with E-state index in [1.54, 1.807) is 31.2 Å². The van der Waals surface area contributed by atoms with Crippen molar-refractivity contribution >= 4 is 50.7 Å². The fourth-order valence-corrected chi connectivity index (χ4v) is 6.95. The molecule has 4 rings (SSSR count). The summed E-state index contributed by atoms with van der Waals surface area (Å²) in [6, 6.07) is 19.1. The van der Waals surface area contributed by atoms with Crippen LogP contribution < -0.4 is 9.62 Å². The number of anilines is 1. The highest BCUT2D eigenvalue weighted by Crippen LogP contribution is 2.29. The number of hydrogen-bond acceptors (Lipinski definition) is 4. The van der Waals surface area contributed by atoms with Gasteiger partial charge in [-0.2, -0.15) is 0 Å². The molecule has 1 saturated carbocycles. The number of nitrogens with one attached hydrogen (secondary N) is 1. The Hall–Kier alpha value is -3.07. The maximum Gasteiger partial charge on any atom is 0.244 e. The molecule has 1 unspecified atom stereocenters. The fraction of sp³-hybridized carbons (Fsp3) is 0.394. The van der Waals surface area contributed by atoms with E-state index in [1.807, 2.05) is 49.4 Å². The molecule has 230 valence electrons. The Morgan fingerprint density at radius 1 is 0.930 bits per heavy atom. The van der Waals surface area contributed by atoms with Crippen LogP contribution in [0.25, 0.3) is 0 Å². The maximum absolute atomic E-state index is 14.4. The van der Waals surface area contributed by atoms with Crippen molar-refractivity contribution in [3.05, 3.63) is 99.0 Å². The average molecular weight is 645 g/mol. The topological polar surface area (TPSA) is 86.8 Å². The molecule has 0 aromatic heterocycles. The monoisotopic (exact) mass is 643 g/mol. The summed E-state index contributed by atoms with van der Waals surface area (Å²) >= 11 is 13.1. The first kappa shape index (κ1) is 32.8. The van der Waals surface area contributed by atoms with Crippen LogP contribution in [0, 0.1) is 13.8 Å². The quantitative estimate of drug-likeness (QED) is 0.260. The van der Waals surface area contributed by atoms with E-state index in [4.69, 9.17) is 23.2 Å². The number of carbonyl (C=O) groups excluding carboxylic acids is 2. The highest BCUT2D eigenvalue weighted by molar-refractivity contribution is 7.92. The highest BCUT2D eigenvalue weighted by Gasteiger charge is 2.35. The Labute approximate surface area is 265 Å². The van der Waals surface area contributed by atoms with Crippen molar-refractivity contribution < 1.29 is 18.0 Å². The molecule has 0 radical (unpaired) electrons. The molecule has 1 aliphatic rings. The van der Waals surface area contributed by atoms with Crippen LogP contribution in [0.1, 0.15) is 54.4 Å². The van der Waals surface area contributed by atoms with E-state index in [9.17, 15) is 18.0 Å². The molecule has 2 amide bonds. The van der Waals surface area contributed by atoms with Gasteiger partial charge >= 0.3 is 0 Å². The molecule has 3 aromatic rings. The first-order valence-corrected chi connectivity index (χ1v) is 17.2. The zero-order chi connectivity index (χ0) is 31.1. The summed E-state index contributed by atoms with van der Waals surface area (Å²) in [5.74, 6) is -0.827. The van der Waals surface area contributed by atoms with Crippen molar-refractivity contribution in [1.29, 1.82) is 0 Å². The number of aryl methyl sites for hydroxylation is 2. The van der Waals surface area contributed by atoms with E-state index in [-0.39, 0.29) is 24.9 Å². The van der Waals surface area contributed by atoms with Crippen LogP contribution >= 0.6 is 23.2 Å². The van der Waals surface area contributed by atoms with Gasteiger partial charge in [-0.05, 0) is 61.6 Å². The molecular weight excluding hydrogens is 605 g/mol. The zero-order valence-electron chi connectivity index (χ0n) is 24.9. The van der Waals surface area contributed by atoms with Crippen LogP contribution in [0.3, 0.4) is 0 Å². The predicted octanol–water partition coefficient (Wildman–Crippen LogP) is 6.47. The standard InChI is InChI=1S/C33H39Cl2N3O4S/c1-23-17-18-24(2)30(19-23)38(43(3,41)42)22-32(39)37(21-27-28(34)15-10-16-29(27)35)31(20-25-11-6-4-7-12-25)33(40)36-26-13-8-5-9-14-26/h4,6-7,10-12,15-19,26,31H,5,8-9,13-14,20-22H2,1-3H3,(H,36,40). The Morgan fingerprint density at radius 3 is 2.21 bits per heavy atom. The van der Waals surface area contributed by atoms with E-state index in [1.165, 1.54) is 4.90 Å².